The average molecular weight is 274 g/mol. The van der Waals surface area contributed by atoms with Gasteiger partial charge in [0.15, 0.2) is 0 Å². The van der Waals surface area contributed by atoms with Crippen molar-refractivity contribution in [1.82, 2.24) is 9.55 Å². The van der Waals surface area contributed by atoms with Crippen LogP contribution in [-0.4, -0.2) is 34.0 Å². The van der Waals surface area contributed by atoms with Gasteiger partial charge in [0.25, 0.3) is 0 Å². The molecule has 5 heteroatoms. The molecule has 2 aromatic rings. The molecule has 0 saturated carbocycles. The molecule has 104 valence electrons. The maximum Gasteiger partial charge on any atom is 0.129 e. The molecule has 1 saturated heterocycles. The van der Waals surface area contributed by atoms with Crippen LogP contribution in [0.15, 0.2) is 30.7 Å². The molecule has 3 heterocycles. The second kappa shape index (κ2) is 4.40. The lowest BCUT2D eigenvalue weighted by Crippen LogP contribution is -2.37. The topological polar surface area (TPSA) is 47.3 Å². The molecular formula is C15H15FN2O2. The number of aliphatic hydroxyl groups is 1. The van der Waals surface area contributed by atoms with Gasteiger partial charge in [0.1, 0.15) is 5.82 Å². The van der Waals surface area contributed by atoms with E-state index in [0.29, 0.717) is 18.8 Å². The van der Waals surface area contributed by atoms with Crippen molar-refractivity contribution >= 4 is 0 Å². The van der Waals surface area contributed by atoms with Crippen molar-refractivity contribution in [2.45, 2.75) is 18.6 Å². The molecule has 3 atom stereocenters. The van der Waals surface area contributed by atoms with Crippen LogP contribution in [0.4, 0.5) is 4.39 Å². The summed E-state index contributed by atoms with van der Waals surface area (Å²) in [6.07, 6.45) is 3.62. The number of nitrogens with zero attached hydrogens (tertiary/aromatic N) is 2. The van der Waals surface area contributed by atoms with E-state index in [0.717, 1.165) is 17.7 Å². The Bertz CT molecular complexity index is 655. The van der Waals surface area contributed by atoms with Gasteiger partial charge < -0.3 is 14.4 Å². The molecule has 4 nitrogen and oxygen atoms in total. The van der Waals surface area contributed by atoms with Crippen molar-refractivity contribution in [2.24, 2.45) is 5.92 Å². The molecule has 1 aromatic heterocycles. The quantitative estimate of drug-likeness (QED) is 0.865. The number of aromatic nitrogens is 2. The number of imidazole rings is 1. The molecule has 0 spiro atoms. The molecule has 2 aliphatic heterocycles. The Morgan fingerprint density at radius 2 is 2.30 bits per heavy atom. The number of fused-ring (bicyclic) bond motifs is 3. The number of ether oxygens (including phenoxy) is 1. The number of benzene rings is 1. The summed E-state index contributed by atoms with van der Waals surface area (Å²) in [5.74, 6) is -0.259. The van der Waals surface area contributed by atoms with Gasteiger partial charge in [0.2, 0.25) is 0 Å². The first kappa shape index (κ1) is 12.1. The van der Waals surface area contributed by atoms with Gasteiger partial charge in [-0.05, 0) is 12.5 Å². The first-order valence-corrected chi connectivity index (χ1v) is 6.84. The van der Waals surface area contributed by atoms with E-state index in [1.54, 1.807) is 18.6 Å². The molecule has 0 bridgehead atoms. The zero-order chi connectivity index (χ0) is 13.7. The average Bonchev–Trinajstić information content (AvgIpc) is 3.01. The summed E-state index contributed by atoms with van der Waals surface area (Å²) in [5.41, 5.74) is 2.48. The Hall–Kier alpha value is -1.72. The zero-order valence-corrected chi connectivity index (χ0v) is 10.9. The van der Waals surface area contributed by atoms with Crippen LogP contribution in [0.5, 0.6) is 0 Å². The van der Waals surface area contributed by atoms with Gasteiger partial charge in [-0.2, -0.15) is 0 Å². The van der Waals surface area contributed by atoms with Crippen molar-refractivity contribution in [3.05, 3.63) is 42.1 Å². The van der Waals surface area contributed by atoms with Crippen LogP contribution in [-0.2, 0) is 4.74 Å². The third-order valence-corrected chi connectivity index (χ3v) is 4.37. The Kier molecular flexibility index (Phi) is 2.65. The third-order valence-electron chi connectivity index (χ3n) is 4.37. The lowest BCUT2D eigenvalue weighted by atomic mass is 9.85. The lowest BCUT2D eigenvalue weighted by Gasteiger charge is -2.33. The number of hydrogen-bond donors (Lipinski definition) is 1. The van der Waals surface area contributed by atoms with Gasteiger partial charge >= 0.3 is 0 Å². The minimum absolute atomic E-state index is 0.0464. The number of rotatable bonds is 1. The number of aliphatic hydroxyl groups excluding tert-OH is 1. The third kappa shape index (κ3) is 1.57. The Morgan fingerprint density at radius 1 is 1.40 bits per heavy atom. The molecule has 1 N–H and O–H groups in total. The summed E-state index contributed by atoms with van der Waals surface area (Å²) >= 11 is 0. The van der Waals surface area contributed by atoms with E-state index in [1.807, 2.05) is 10.6 Å². The van der Waals surface area contributed by atoms with Gasteiger partial charge in [-0.3, -0.25) is 0 Å². The second-order valence-corrected chi connectivity index (χ2v) is 5.43. The lowest BCUT2D eigenvalue weighted by molar-refractivity contribution is -0.0543. The van der Waals surface area contributed by atoms with Crippen LogP contribution in [0, 0.1) is 11.7 Å². The highest BCUT2D eigenvalue weighted by atomic mass is 19.1. The molecule has 1 fully saturated rings. The van der Waals surface area contributed by atoms with E-state index >= 15 is 0 Å². The first-order valence-electron chi connectivity index (χ1n) is 6.84. The van der Waals surface area contributed by atoms with Crippen LogP contribution < -0.4 is 0 Å². The minimum atomic E-state index is -0.574. The fourth-order valence-electron chi connectivity index (χ4n) is 3.46. The van der Waals surface area contributed by atoms with E-state index < -0.39 is 6.10 Å². The fourth-order valence-corrected chi connectivity index (χ4v) is 3.46. The molecule has 1 aromatic carbocycles. The summed E-state index contributed by atoms with van der Waals surface area (Å²) in [6, 6.07) is 4.92. The predicted octanol–water partition coefficient (Wildman–Crippen LogP) is 1.99. The van der Waals surface area contributed by atoms with Gasteiger partial charge in [-0.25, -0.2) is 9.37 Å². The normalized spacial score (nSPS) is 28.2. The number of hydrogen-bond acceptors (Lipinski definition) is 3. The smallest absolute Gasteiger partial charge is 0.129 e. The molecule has 20 heavy (non-hydrogen) atoms. The summed E-state index contributed by atoms with van der Waals surface area (Å²) in [5, 5.41) is 10.2. The predicted molar refractivity (Wildman–Crippen MR) is 70.7 cm³/mol. The molecule has 0 radical (unpaired) electrons. The highest BCUT2D eigenvalue weighted by Crippen LogP contribution is 2.46. The molecule has 0 aliphatic carbocycles. The Balaban J connectivity index is 1.88. The molecule has 0 amide bonds. The highest BCUT2D eigenvalue weighted by molar-refractivity contribution is 5.69. The van der Waals surface area contributed by atoms with Crippen molar-refractivity contribution in [1.29, 1.82) is 0 Å². The molecule has 2 aliphatic rings. The second-order valence-electron chi connectivity index (χ2n) is 5.43. The maximum absolute atomic E-state index is 14.3. The van der Waals surface area contributed by atoms with Crippen molar-refractivity contribution in [3.63, 3.8) is 0 Å². The molecule has 4 rings (SSSR count). The summed E-state index contributed by atoms with van der Waals surface area (Å²) in [4.78, 5) is 4.17. The largest absolute Gasteiger partial charge is 0.390 e. The minimum Gasteiger partial charge on any atom is -0.390 e. The van der Waals surface area contributed by atoms with Crippen molar-refractivity contribution < 1.29 is 14.2 Å². The van der Waals surface area contributed by atoms with Gasteiger partial charge in [-0.1, -0.05) is 12.1 Å². The first-order chi connectivity index (χ1) is 9.77. The summed E-state index contributed by atoms with van der Waals surface area (Å²) in [7, 11) is 0. The van der Waals surface area contributed by atoms with Crippen LogP contribution in [0.25, 0.3) is 11.3 Å². The van der Waals surface area contributed by atoms with E-state index in [1.165, 1.54) is 6.07 Å². The molecular weight excluding hydrogens is 259 g/mol. The Labute approximate surface area is 115 Å². The maximum atomic E-state index is 14.3. The number of halogens is 1. The standard InChI is InChI=1S/C15H15FN2O2/c16-11-3-1-2-9-12-6-17-8-18(12)15(14(9)11)10-4-5-20-7-13(10)19/h1-3,6,8,10,13,15,19H,4-5,7H2/t10-,13-,15?/m0/s1. The van der Waals surface area contributed by atoms with E-state index in [2.05, 4.69) is 4.98 Å². The van der Waals surface area contributed by atoms with Gasteiger partial charge in [0.05, 0.1) is 37.0 Å². The zero-order valence-electron chi connectivity index (χ0n) is 10.9. The summed E-state index contributed by atoms with van der Waals surface area (Å²) in [6.45, 7) is 0.918. The summed E-state index contributed by atoms with van der Waals surface area (Å²) < 4.78 is 21.6. The highest BCUT2D eigenvalue weighted by Gasteiger charge is 2.40. The van der Waals surface area contributed by atoms with Crippen molar-refractivity contribution in [3.8, 4) is 11.3 Å². The van der Waals surface area contributed by atoms with E-state index in [-0.39, 0.29) is 17.8 Å². The van der Waals surface area contributed by atoms with Crippen LogP contribution in [0.1, 0.15) is 18.0 Å². The SMILES string of the molecule is O[C@H]1COCC[C@@H]1C1c2c(F)cccc2-c2cncn21. The monoisotopic (exact) mass is 274 g/mol. The Morgan fingerprint density at radius 3 is 3.15 bits per heavy atom. The van der Waals surface area contributed by atoms with E-state index in [4.69, 9.17) is 4.74 Å². The van der Waals surface area contributed by atoms with Crippen LogP contribution in [0.3, 0.4) is 0 Å². The van der Waals surface area contributed by atoms with E-state index in [9.17, 15) is 9.50 Å². The van der Waals surface area contributed by atoms with Crippen molar-refractivity contribution in [2.75, 3.05) is 13.2 Å². The fraction of sp³-hybridized carbons (Fsp3) is 0.400. The molecule has 1 unspecified atom stereocenters. The van der Waals surface area contributed by atoms with Crippen LogP contribution >= 0.6 is 0 Å². The van der Waals surface area contributed by atoms with Gasteiger partial charge in [-0.15, -0.1) is 0 Å². The van der Waals surface area contributed by atoms with Crippen LogP contribution in [0.2, 0.25) is 0 Å². The van der Waals surface area contributed by atoms with Gasteiger partial charge in [0, 0.05) is 23.7 Å².